The highest BCUT2D eigenvalue weighted by Crippen LogP contribution is 2.38. The third-order valence-electron chi connectivity index (χ3n) is 3.55. The zero-order valence-electron chi connectivity index (χ0n) is 16.0. The minimum Gasteiger partial charge on any atom is -0.508 e. The van der Waals surface area contributed by atoms with Gasteiger partial charge in [0, 0.05) is 21.4 Å². The average Bonchev–Trinajstić information content (AvgIpc) is 3.20. The van der Waals surface area contributed by atoms with Gasteiger partial charge in [0.1, 0.15) is 21.4 Å². The van der Waals surface area contributed by atoms with Gasteiger partial charge in [-0.15, -0.1) is 22.7 Å². The second-order valence-corrected chi connectivity index (χ2v) is 9.14. The van der Waals surface area contributed by atoms with E-state index in [0.29, 0.717) is 0 Å². The predicted octanol–water partition coefficient (Wildman–Crippen LogP) is 5.74. The Hall–Kier alpha value is -2.71. The van der Waals surface area contributed by atoms with Crippen molar-refractivity contribution in [2.75, 3.05) is 0 Å². The van der Waals surface area contributed by atoms with Crippen molar-refractivity contribution in [1.29, 1.82) is 0 Å². The molecule has 0 saturated heterocycles. The van der Waals surface area contributed by atoms with Gasteiger partial charge in [-0.2, -0.15) is 0 Å². The van der Waals surface area contributed by atoms with Gasteiger partial charge in [-0.05, 0) is 45.9 Å². The second kappa shape index (κ2) is 8.12. The standard InChI is InChI=1S/C20H21N3O3S2/c1-12-15(9-17(28-12)21-11-22-19(25)26-20(2,3)4)18-23-16(10-27-18)13-6-5-7-14(24)8-13/h5-11,24H,1-4H3,(H,21,22,25). The number of amides is 1. The molecule has 1 amide bonds. The molecule has 2 N–H and O–H groups in total. The SMILES string of the molecule is Cc1sc(N=CNC(=O)OC(C)(C)C)cc1-c1nc(-c2cccc(O)c2)cs1. The summed E-state index contributed by atoms with van der Waals surface area (Å²) in [7, 11) is 0. The maximum atomic E-state index is 11.7. The summed E-state index contributed by atoms with van der Waals surface area (Å²) in [5.74, 6) is 0.216. The maximum Gasteiger partial charge on any atom is 0.412 e. The van der Waals surface area contributed by atoms with Gasteiger partial charge in [0.15, 0.2) is 0 Å². The number of alkyl carbamates (subject to hydrolysis) is 1. The molecule has 0 bridgehead atoms. The highest BCUT2D eigenvalue weighted by Gasteiger charge is 2.15. The fourth-order valence-corrected chi connectivity index (χ4v) is 4.22. The molecular weight excluding hydrogens is 394 g/mol. The molecule has 3 aromatic rings. The average molecular weight is 416 g/mol. The van der Waals surface area contributed by atoms with Crippen molar-refractivity contribution in [3.8, 4) is 27.6 Å². The molecule has 0 spiro atoms. The summed E-state index contributed by atoms with van der Waals surface area (Å²) in [5, 5.41) is 15.8. The van der Waals surface area contributed by atoms with E-state index in [1.165, 1.54) is 29.0 Å². The van der Waals surface area contributed by atoms with Gasteiger partial charge >= 0.3 is 6.09 Å². The molecule has 2 aromatic heterocycles. The van der Waals surface area contributed by atoms with E-state index in [1.54, 1.807) is 39.0 Å². The number of hydrogen-bond acceptors (Lipinski definition) is 7. The van der Waals surface area contributed by atoms with E-state index in [4.69, 9.17) is 4.74 Å². The van der Waals surface area contributed by atoms with Crippen LogP contribution in [0.5, 0.6) is 5.75 Å². The molecule has 0 atom stereocenters. The zero-order valence-corrected chi connectivity index (χ0v) is 17.6. The first-order valence-corrected chi connectivity index (χ1v) is 10.3. The number of nitrogens with one attached hydrogen (secondary N) is 1. The smallest absolute Gasteiger partial charge is 0.412 e. The lowest BCUT2D eigenvalue weighted by atomic mass is 10.1. The van der Waals surface area contributed by atoms with Crippen molar-refractivity contribution in [3.05, 3.63) is 40.6 Å². The van der Waals surface area contributed by atoms with Crippen molar-refractivity contribution >= 4 is 40.1 Å². The first-order valence-electron chi connectivity index (χ1n) is 8.59. The second-order valence-electron chi connectivity index (χ2n) is 7.05. The van der Waals surface area contributed by atoms with Gasteiger partial charge in [-0.1, -0.05) is 12.1 Å². The largest absolute Gasteiger partial charge is 0.508 e. The van der Waals surface area contributed by atoms with Crippen LogP contribution in [0, 0.1) is 6.92 Å². The normalized spacial score (nSPS) is 11.7. The van der Waals surface area contributed by atoms with Gasteiger partial charge in [0.25, 0.3) is 0 Å². The van der Waals surface area contributed by atoms with E-state index in [0.717, 1.165) is 31.7 Å². The lowest BCUT2D eigenvalue weighted by molar-refractivity contribution is 0.0565. The third-order valence-corrected chi connectivity index (χ3v) is 5.39. The van der Waals surface area contributed by atoms with Crippen LogP contribution in [-0.2, 0) is 4.74 Å². The lowest BCUT2D eigenvalue weighted by Gasteiger charge is -2.18. The number of thiazole rings is 1. The summed E-state index contributed by atoms with van der Waals surface area (Å²) in [6.45, 7) is 7.42. The maximum absolute atomic E-state index is 11.7. The number of aliphatic imine (C=N–C) groups is 1. The highest BCUT2D eigenvalue weighted by atomic mass is 32.1. The van der Waals surface area contributed by atoms with Crippen molar-refractivity contribution < 1.29 is 14.6 Å². The summed E-state index contributed by atoms with van der Waals surface area (Å²) >= 11 is 3.06. The van der Waals surface area contributed by atoms with Crippen LogP contribution in [0.25, 0.3) is 21.8 Å². The van der Waals surface area contributed by atoms with E-state index in [9.17, 15) is 9.90 Å². The van der Waals surface area contributed by atoms with Crippen molar-refractivity contribution in [2.45, 2.75) is 33.3 Å². The number of aromatic nitrogens is 1. The number of ether oxygens (including phenoxy) is 1. The molecule has 0 unspecified atom stereocenters. The summed E-state index contributed by atoms with van der Waals surface area (Å²) in [4.78, 5) is 21.7. The van der Waals surface area contributed by atoms with Gasteiger partial charge in [-0.3, -0.25) is 5.32 Å². The number of phenols is 1. The van der Waals surface area contributed by atoms with Gasteiger partial charge < -0.3 is 9.84 Å². The quantitative estimate of drug-likeness (QED) is 0.420. The Morgan fingerprint density at radius 2 is 2.11 bits per heavy atom. The molecule has 0 aliphatic carbocycles. The van der Waals surface area contributed by atoms with E-state index in [-0.39, 0.29) is 5.75 Å². The summed E-state index contributed by atoms with van der Waals surface area (Å²) in [6.07, 6.45) is 0.795. The molecule has 1 aromatic carbocycles. The first-order chi connectivity index (χ1) is 13.2. The molecule has 28 heavy (non-hydrogen) atoms. The Morgan fingerprint density at radius 3 is 2.82 bits per heavy atom. The number of thiophene rings is 1. The van der Waals surface area contributed by atoms with Crippen LogP contribution >= 0.6 is 22.7 Å². The lowest BCUT2D eigenvalue weighted by Crippen LogP contribution is -2.31. The molecule has 8 heteroatoms. The first kappa shape index (κ1) is 20.0. The number of benzene rings is 1. The number of aryl methyl sites for hydroxylation is 1. The molecular formula is C20H21N3O3S2. The van der Waals surface area contributed by atoms with Gasteiger partial charge in [-0.25, -0.2) is 14.8 Å². The van der Waals surface area contributed by atoms with Crippen LogP contribution in [0.1, 0.15) is 25.6 Å². The minimum absolute atomic E-state index is 0.216. The van der Waals surface area contributed by atoms with Gasteiger partial charge in [0.05, 0.1) is 12.0 Å². The molecule has 3 rings (SSSR count). The molecule has 0 aliphatic rings. The van der Waals surface area contributed by atoms with Crippen LogP contribution in [0.3, 0.4) is 0 Å². The molecule has 0 saturated carbocycles. The Bertz CT molecular complexity index is 1020. The molecule has 0 fully saturated rings. The Balaban J connectivity index is 1.72. The fourth-order valence-electron chi connectivity index (χ4n) is 2.39. The number of carbonyl (C=O) groups excluding carboxylic acids is 1. The Kier molecular flexibility index (Phi) is 5.81. The van der Waals surface area contributed by atoms with E-state index < -0.39 is 11.7 Å². The number of rotatable bonds is 4. The summed E-state index contributed by atoms with van der Waals surface area (Å²) in [5.41, 5.74) is 2.14. The molecule has 0 aliphatic heterocycles. The summed E-state index contributed by atoms with van der Waals surface area (Å²) in [6, 6.07) is 8.98. The minimum atomic E-state index is -0.553. The monoisotopic (exact) mass is 415 g/mol. The zero-order chi connectivity index (χ0) is 20.3. The van der Waals surface area contributed by atoms with E-state index >= 15 is 0 Å². The Labute approximate surface area is 171 Å². The Morgan fingerprint density at radius 1 is 1.32 bits per heavy atom. The van der Waals surface area contributed by atoms with Crippen LogP contribution in [-0.4, -0.2) is 28.1 Å². The highest BCUT2D eigenvalue weighted by molar-refractivity contribution is 7.17. The molecule has 6 nitrogen and oxygen atoms in total. The third kappa shape index (κ3) is 5.17. The van der Waals surface area contributed by atoms with Crippen LogP contribution in [0.15, 0.2) is 40.7 Å². The number of carbonyl (C=O) groups is 1. The van der Waals surface area contributed by atoms with Crippen LogP contribution in [0.2, 0.25) is 0 Å². The fraction of sp³-hybridized carbons (Fsp3) is 0.250. The number of nitrogens with zero attached hydrogens (tertiary/aromatic N) is 2. The van der Waals surface area contributed by atoms with Crippen molar-refractivity contribution in [2.24, 2.45) is 4.99 Å². The van der Waals surface area contributed by atoms with Crippen molar-refractivity contribution in [3.63, 3.8) is 0 Å². The topological polar surface area (TPSA) is 83.8 Å². The van der Waals surface area contributed by atoms with Crippen LogP contribution < -0.4 is 5.32 Å². The molecule has 0 radical (unpaired) electrons. The number of phenolic OH excluding ortho intramolecular Hbond substituents is 1. The van der Waals surface area contributed by atoms with E-state index in [2.05, 4.69) is 15.3 Å². The molecule has 146 valence electrons. The predicted molar refractivity (Wildman–Crippen MR) is 115 cm³/mol. The van der Waals surface area contributed by atoms with Crippen LogP contribution in [0.4, 0.5) is 9.80 Å². The number of aromatic hydroxyl groups is 1. The number of hydrogen-bond donors (Lipinski definition) is 2. The van der Waals surface area contributed by atoms with Crippen molar-refractivity contribution in [1.82, 2.24) is 10.3 Å². The van der Waals surface area contributed by atoms with Gasteiger partial charge in [0.2, 0.25) is 0 Å². The summed E-state index contributed by atoms with van der Waals surface area (Å²) < 4.78 is 5.16. The molecule has 2 heterocycles. The van der Waals surface area contributed by atoms with E-state index in [1.807, 2.05) is 24.4 Å².